The van der Waals surface area contributed by atoms with E-state index in [0.717, 1.165) is 12.1 Å². The summed E-state index contributed by atoms with van der Waals surface area (Å²) in [5.74, 6) is -1.64. The quantitative estimate of drug-likeness (QED) is 0.561. The molecule has 0 bridgehead atoms. The zero-order chi connectivity index (χ0) is 20.9. The molecule has 0 atom stereocenters. The van der Waals surface area contributed by atoms with Crippen LogP contribution in [-0.2, 0) is 16.2 Å². The van der Waals surface area contributed by atoms with Gasteiger partial charge in [0.15, 0.2) is 0 Å². The zero-order valence-corrected chi connectivity index (χ0v) is 15.8. The van der Waals surface area contributed by atoms with Gasteiger partial charge in [0.25, 0.3) is 5.91 Å². The Morgan fingerprint density at radius 3 is 2.61 bits per heavy atom. The molecule has 6 nitrogen and oxygen atoms in total. The third-order valence-corrected chi connectivity index (χ3v) is 3.75. The molecule has 0 spiro atoms. The molecule has 0 aliphatic rings. The Balaban J connectivity index is 2.23. The summed E-state index contributed by atoms with van der Waals surface area (Å²) in [6.45, 7) is 4.49. The molecule has 2 rings (SSSR count). The Labute approximate surface area is 161 Å². The fourth-order valence-corrected chi connectivity index (χ4v) is 2.32. The molecule has 2 aromatic rings. The van der Waals surface area contributed by atoms with Crippen LogP contribution < -0.4 is 15.8 Å². The molecule has 0 radical (unpaired) electrons. The van der Waals surface area contributed by atoms with E-state index in [1.54, 1.807) is 13.8 Å². The van der Waals surface area contributed by atoms with Gasteiger partial charge in [-0.15, -0.1) is 0 Å². The highest BCUT2D eigenvalue weighted by Gasteiger charge is 2.24. The number of nitrogens with zero attached hydrogens (tertiary/aromatic N) is 1. The predicted octanol–water partition coefficient (Wildman–Crippen LogP) is 2.72. The second-order valence-electron chi connectivity index (χ2n) is 6.75. The highest BCUT2D eigenvalue weighted by molar-refractivity contribution is 6.20. The highest BCUT2D eigenvalue weighted by Crippen LogP contribution is 2.22. The van der Waals surface area contributed by atoms with Crippen LogP contribution in [0.25, 0.3) is 5.57 Å². The average Bonchev–Trinajstić information content (AvgIpc) is 2.60. The summed E-state index contributed by atoms with van der Waals surface area (Å²) >= 11 is 0. The Morgan fingerprint density at radius 1 is 1.29 bits per heavy atom. The first-order chi connectivity index (χ1) is 13.1. The van der Waals surface area contributed by atoms with Crippen LogP contribution in [0.5, 0.6) is 5.75 Å². The normalized spacial score (nSPS) is 12.2. The van der Waals surface area contributed by atoms with Crippen molar-refractivity contribution in [3.05, 3.63) is 65.1 Å². The maximum Gasteiger partial charge on any atom is 0.255 e. The third kappa shape index (κ3) is 5.35. The number of pyridine rings is 1. The van der Waals surface area contributed by atoms with Crippen LogP contribution >= 0.6 is 0 Å². The Hall–Kier alpha value is -3.29. The lowest BCUT2D eigenvalue weighted by atomic mass is 10.0. The van der Waals surface area contributed by atoms with Gasteiger partial charge in [0.05, 0.1) is 16.8 Å². The minimum Gasteiger partial charge on any atom is -0.489 e. The average molecular weight is 389 g/mol. The second-order valence-corrected chi connectivity index (χ2v) is 6.75. The molecule has 3 N–H and O–H groups in total. The van der Waals surface area contributed by atoms with Gasteiger partial charge in [0.2, 0.25) is 0 Å². The summed E-state index contributed by atoms with van der Waals surface area (Å²) < 4.78 is 32.2. The summed E-state index contributed by atoms with van der Waals surface area (Å²) in [6.07, 6.45) is 2.02. The van der Waals surface area contributed by atoms with Crippen molar-refractivity contribution in [2.45, 2.75) is 32.9 Å². The van der Waals surface area contributed by atoms with Gasteiger partial charge < -0.3 is 20.6 Å². The fraction of sp³-hybridized carbons (Fsp3) is 0.250. The lowest BCUT2D eigenvalue weighted by molar-refractivity contribution is -0.121. The van der Waals surface area contributed by atoms with Gasteiger partial charge in [0.1, 0.15) is 30.3 Å². The van der Waals surface area contributed by atoms with Gasteiger partial charge in [0, 0.05) is 29.6 Å². The second kappa shape index (κ2) is 8.60. The molecule has 0 saturated carbocycles. The number of carbonyl (C=O) groups excluding carboxylic acids is 2. The zero-order valence-electron chi connectivity index (χ0n) is 15.8. The lowest BCUT2D eigenvalue weighted by Gasteiger charge is -2.20. The maximum atomic E-state index is 13.7. The monoisotopic (exact) mass is 389 g/mol. The SMILES string of the molecule is C/C(N)=C(\C(=O)NC(C)(C)C=O)c1cc(OCc2ccc(F)cc2F)ccn1. The first kappa shape index (κ1) is 21.0. The molecule has 1 heterocycles. The van der Waals surface area contributed by atoms with E-state index >= 15 is 0 Å². The molecular weight excluding hydrogens is 368 g/mol. The van der Waals surface area contributed by atoms with Crippen molar-refractivity contribution in [2.24, 2.45) is 5.73 Å². The minimum absolute atomic E-state index is 0.0911. The Bertz CT molecular complexity index is 923. The molecule has 0 unspecified atom stereocenters. The van der Waals surface area contributed by atoms with Crippen LogP contribution in [0.1, 0.15) is 32.0 Å². The number of allylic oxidation sites excluding steroid dienone is 1. The number of rotatable bonds is 7. The van der Waals surface area contributed by atoms with Gasteiger partial charge >= 0.3 is 0 Å². The highest BCUT2D eigenvalue weighted by atomic mass is 19.1. The summed E-state index contributed by atoms with van der Waals surface area (Å²) in [5.41, 5.74) is 5.47. The Kier molecular flexibility index (Phi) is 6.45. The first-order valence-electron chi connectivity index (χ1n) is 8.41. The van der Waals surface area contributed by atoms with Crippen LogP contribution in [0, 0.1) is 11.6 Å². The fourth-order valence-electron chi connectivity index (χ4n) is 2.32. The summed E-state index contributed by atoms with van der Waals surface area (Å²) in [7, 11) is 0. The number of halogens is 2. The van der Waals surface area contributed by atoms with Crippen LogP contribution in [0.2, 0.25) is 0 Å². The molecular formula is C20H21F2N3O3. The van der Waals surface area contributed by atoms with E-state index in [2.05, 4.69) is 10.3 Å². The summed E-state index contributed by atoms with van der Waals surface area (Å²) in [5, 5.41) is 2.57. The largest absolute Gasteiger partial charge is 0.489 e. The van der Waals surface area contributed by atoms with E-state index in [4.69, 9.17) is 10.5 Å². The van der Waals surface area contributed by atoms with Crippen molar-refractivity contribution < 1.29 is 23.1 Å². The van der Waals surface area contributed by atoms with E-state index in [0.29, 0.717) is 12.0 Å². The van der Waals surface area contributed by atoms with Gasteiger partial charge in [-0.1, -0.05) is 0 Å². The number of aldehydes is 1. The molecule has 0 aliphatic carbocycles. The molecule has 0 aliphatic heterocycles. The molecule has 1 aromatic carbocycles. The predicted molar refractivity (Wildman–Crippen MR) is 100.0 cm³/mol. The number of nitrogens with two attached hydrogens (primary N) is 1. The topological polar surface area (TPSA) is 94.3 Å². The van der Waals surface area contributed by atoms with Crippen LogP contribution in [0.3, 0.4) is 0 Å². The van der Waals surface area contributed by atoms with Crippen LogP contribution in [0.15, 0.2) is 42.2 Å². The Morgan fingerprint density at radius 2 is 2.00 bits per heavy atom. The number of hydrogen-bond acceptors (Lipinski definition) is 5. The minimum atomic E-state index is -1.08. The number of amides is 1. The standard InChI is InChI=1S/C20H21F2N3O3/c1-12(23)18(19(27)25-20(2,3)11-26)17-9-15(6-7-24-17)28-10-13-4-5-14(21)8-16(13)22/h4-9,11H,10,23H2,1-3H3,(H,25,27)/b18-12+. The van der Waals surface area contributed by atoms with Gasteiger partial charge in [-0.3, -0.25) is 9.78 Å². The molecule has 148 valence electrons. The number of hydrogen-bond donors (Lipinski definition) is 2. The van der Waals surface area contributed by atoms with Gasteiger partial charge in [-0.2, -0.15) is 0 Å². The number of nitrogens with one attached hydrogen (secondary N) is 1. The van der Waals surface area contributed by atoms with E-state index in [9.17, 15) is 18.4 Å². The number of aromatic nitrogens is 1. The van der Waals surface area contributed by atoms with E-state index < -0.39 is 23.1 Å². The van der Waals surface area contributed by atoms with Crippen molar-refractivity contribution >= 4 is 17.8 Å². The number of ether oxygens (including phenoxy) is 1. The van der Waals surface area contributed by atoms with Crippen molar-refractivity contribution in [3.63, 3.8) is 0 Å². The van der Waals surface area contributed by atoms with Crippen molar-refractivity contribution in [3.8, 4) is 5.75 Å². The number of carbonyl (C=O) groups is 2. The third-order valence-electron chi connectivity index (χ3n) is 3.75. The lowest BCUT2D eigenvalue weighted by Crippen LogP contribution is -2.45. The first-order valence-corrected chi connectivity index (χ1v) is 8.41. The maximum absolute atomic E-state index is 13.7. The van der Waals surface area contributed by atoms with Crippen LogP contribution in [0.4, 0.5) is 8.78 Å². The molecule has 28 heavy (non-hydrogen) atoms. The number of benzene rings is 1. The molecule has 0 saturated heterocycles. The van der Waals surface area contributed by atoms with Crippen molar-refractivity contribution in [2.75, 3.05) is 0 Å². The van der Waals surface area contributed by atoms with E-state index in [1.807, 2.05) is 0 Å². The summed E-state index contributed by atoms with van der Waals surface area (Å²) in [6, 6.07) is 6.20. The smallest absolute Gasteiger partial charge is 0.255 e. The van der Waals surface area contributed by atoms with E-state index in [-0.39, 0.29) is 29.1 Å². The van der Waals surface area contributed by atoms with Gasteiger partial charge in [-0.05, 0) is 39.0 Å². The van der Waals surface area contributed by atoms with Crippen LogP contribution in [-0.4, -0.2) is 22.7 Å². The van der Waals surface area contributed by atoms with Crippen molar-refractivity contribution in [1.82, 2.24) is 10.3 Å². The molecule has 1 aromatic heterocycles. The van der Waals surface area contributed by atoms with Crippen molar-refractivity contribution in [1.29, 1.82) is 0 Å². The van der Waals surface area contributed by atoms with Gasteiger partial charge in [-0.25, -0.2) is 8.78 Å². The van der Waals surface area contributed by atoms with E-state index in [1.165, 1.54) is 31.3 Å². The molecule has 0 fully saturated rings. The molecule has 8 heteroatoms. The molecule has 1 amide bonds. The summed E-state index contributed by atoms with van der Waals surface area (Å²) in [4.78, 5) is 27.7.